The van der Waals surface area contributed by atoms with E-state index >= 15 is 0 Å². The summed E-state index contributed by atoms with van der Waals surface area (Å²) >= 11 is 6.13. The molecule has 1 atom stereocenters. The van der Waals surface area contributed by atoms with Gasteiger partial charge in [-0.3, -0.25) is 0 Å². The Hall–Kier alpha value is -0.273. The topological polar surface area (TPSA) is 0 Å². The van der Waals surface area contributed by atoms with Crippen molar-refractivity contribution in [3.63, 3.8) is 0 Å². The second kappa shape index (κ2) is 3.79. The third-order valence-electron chi connectivity index (χ3n) is 1.52. The van der Waals surface area contributed by atoms with Crippen LogP contribution < -0.4 is 5.19 Å². The maximum absolute atomic E-state index is 6.13. The molecule has 0 saturated heterocycles. The predicted octanol–water partition coefficient (Wildman–Crippen LogP) is 1.88. The summed E-state index contributed by atoms with van der Waals surface area (Å²) in [4.78, 5) is 0. The van der Waals surface area contributed by atoms with Gasteiger partial charge in [0.2, 0.25) is 0 Å². The molecule has 1 aromatic rings. The first-order valence-electron chi connectivity index (χ1n) is 3.53. The van der Waals surface area contributed by atoms with Gasteiger partial charge in [-0.25, -0.2) is 0 Å². The van der Waals surface area contributed by atoms with E-state index in [1.54, 1.807) is 0 Å². The summed E-state index contributed by atoms with van der Waals surface area (Å²) in [6, 6.07) is 11.5. The van der Waals surface area contributed by atoms with Crippen LogP contribution in [-0.2, 0) is 0 Å². The average Bonchev–Trinajstić information content (AvgIpc) is 2.05. The normalized spacial score (nSPS) is 13.0. The maximum atomic E-state index is 6.13. The molecular weight excluding hydrogens is 160 g/mol. The van der Waals surface area contributed by atoms with Crippen LogP contribution in [0.15, 0.2) is 30.3 Å². The first-order valence-corrected chi connectivity index (χ1v) is 6.67. The van der Waals surface area contributed by atoms with Gasteiger partial charge in [-0.05, 0) is 11.2 Å². The summed E-state index contributed by atoms with van der Waals surface area (Å²) < 4.78 is 0. The van der Waals surface area contributed by atoms with E-state index in [0.717, 1.165) is 6.04 Å². The summed E-state index contributed by atoms with van der Waals surface area (Å²) in [5, 5.41) is 1.35. The van der Waals surface area contributed by atoms with Gasteiger partial charge in [0.25, 0.3) is 0 Å². The fourth-order valence-electron chi connectivity index (χ4n) is 0.898. The van der Waals surface area contributed by atoms with E-state index in [4.69, 9.17) is 11.1 Å². The Balaban J connectivity index is 2.75. The fraction of sp³-hybridized carbons (Fsp3) is 0.250. The highest BCUT2D eigenvalue weighted by molar-refractivity contribution is 7.14. The zero-order valence-corrected chi connectivity index (χ0v) is 7.96. The first kappa shape index (κ1) is 7.83. The van der Waals surface area contributed by atoms with Gasteiger partial charge in [0, 0.05) is 0 Å². The van der Waals surface area contributed by atoms with Crippen LogP contribution in [-0.4, -0.2) is 8.11 Å². The monoisotopic (exact) mass is 170 g/mol. The Morgan fingerprint density at radius 2 is 1.90 bits per heavy atom. The van der Waals surface area contributed by atoms with Crippen LogP contribution >= 0.6 is 11.1 Å². The molecular formula is C8H11ClSi. The van der Waals surface area contributed by atoms with Gasteiger partial charge in [-0.15, -0.1) is 0 Å². The molecule has 0 saturated carbocycles. The van der Waals surface area contributed by atoms with Crippen molar-refractivity contribution in [3.05, 3.63) is 30.3 Å². The van der Waals surface area contributed by atoms with E-state index < -0.39 is 8.11 Å². The van der Waals surface area contributed by atoms with Gasteiger partial charge < -0.3 is 0 Å². The van der Waals surface area contributed by atoms with E-state index in [-0.39, 0.29) is 0 Å². The minimum absolute atomic E-state index is 1.07. The average molecular weight is 171 g/mol. The molecule has 1 aromatic carbocycles. The molecule has 0 aromatic heterocycles. The van der Waals surface area contributed by atoms with Crippen LogP contribution in [0.3, 0.4) is 0 Å². The Morgan fingerprint density at radius 1 is 1.30 bits per heavy atom. The lowest BCUT2D eigenvalue weighted by atomic mass is 10.4. The minimum Gasteiger partial charge on any atom is -0.166 e. The second-order valence-electron chi connectivity index (χ2n) is 2.29. The summed E-state index contributed by atoms with van der Waals surface area (Å²) in [5.41, 5.74) is 0. The van der Waals surface area contributed by atoms with E-state index in [0.29, 0.717) is 0 Å². The molecule has 0 amide bonds. The lowest BCUT2D eigenvalue weighted by molar-refractivity contribution is 1.45. The summed E-state index contributed by atoms with van der Waals surface area (Å²) in [6.45, 7) is 2.15. The van der Waals surface area contributed by atoms with Crippen LogP contribution in [0, 0.1) is 0 Å². The quantitative estimate of drug-likeness (QED) is 0.470. The molecule has 54 valence electrons. The Labute approximate surface area is 68.1 Å². The molecule has 0 N–H and O–H groups in total. The van der Waals surface area contributed by atoms with Gasteiger partial charge >= 0.3 is 0 Å². The highest BCUT2D eigenvalue weighted by Gasteiger charge is 2.04. The first-order chi connectivity index (χ1) is 4.84. The van der Waals surface area contributed by atoms with E-state index in [2.05, 4.69) is 19.1 Å². The Bertz CT molecular complexity index is 186. The molecule has 0 aliphatic carbocycles. The van der Waals surface area contributed by atoms with Crippen molar-refractivity contribution in [2.24, 2.45) is 0 Å². The fourth-order valence-corrected chi connectivity index (χ4v) is 2.45. The smallest absolute Gasteiger partial charge is 0.166 e. The highest BCUT2D eigenvalue weighted by Crippen LogP contribution is 1.97. The number of rotatable bonds is 2. The van der Waals surface area contributed by atoms with Crippen molar-refractivity contribution < 1.29 is 0 Å². The Morgan fingerprint density at radius 3 is 2.40 bits per heavy atom. The van der Waals surface area contributed by atoms with Crippen molar-refractivity contribution in [2.45, 2.75) is 13.0 Å². The standard InChI is InChI=1S/C8H11ClSi/c1-2-10(9)8-6-4-3-5-7-8/h3-7,10H,2H2,1H3. The molecule has 1 rings (SSSR count). The summed E-state index contributed by atoms with van der Waals surface area (Å²) in [5.74, 6) is 0. The number of hydrogen-bond donors (Lipinski definition) is 0. The molecule has 0 bridgehead atoms. The van der Waals surface area contributed by atoms with Gasteiger partial charge in [-0.2, -0.15) is 11.1 Å². The Kier molecular flexibility index (Phi) is 2.97. The van der Waals surface area contributed by atoms with E-state index in [1.165, 1.54) is 5.19 Å². The van der Waals surface area contributed by atoms with Crippen molar-refractivity contribution in [1.82, 2.24) is 0 Å². The molecule has 0 heterocycles. The van der Waals surface area contributed by atoms with Crippen LogP contribution in [0.4, 0.5) is 0 Å². The zero-order valence-electron chi connectivity index (χ0n) is 6.05. The van der Waals surface area contributed by atoms with E-state index in [1.807, 2.05) is 18.2 Å². The molecule has 0 nitrogen and oxygen atoms in total. The molecule has 0 spiro atoms. The number of halogens is 1. The van der Waals surface area contributed by atoms with Crippen molar-refractivity contribution >= 4 is 24.4 Å². The van der Waals surface area contributed by atoms with Crippen LogP contribution in [0.25, 0.3) is 0 Å². The molecule has 0 radical (unpaired) electrons. The van der Waals surface area contributed by atoms with E-state index in [9.17, 15) is 0 Å². The van der Waals surface area contributed by atoms with Gasteiger partial charge in [0.05, 0.1) is 0 Å². The lowest BCUT2D eigenvalue weighted by Crippen LogP contribution is -2.21. The molecule has 2 heteroatoms. The summed E-state index contributed by atoms with van der Waals surface area (Å²) in [7, 11) is -1.07. The third kappa shape index (κ3) is 1.86. The number of hydrogen-bond acceptors (Lipinski definition) is 0. The van der Waals surface area contributed by atoms with Crippen LogP contribution in [0.1, 0.15) is 6.92 Å². The zero-order chi connectivity index (χ0) is 7.40. The molecule has 1 unspecified atom stereocenters. The van der Waals surface area contributed by atoms with Crippen LogP contribution in [0.2, 0.25) is 6.04 Å². The maximum Gasteiger partial charge on any atom is 0.171 e. The highest BCUT2D eigenvalue weighted by atomic mass is 35.6. The van der Waals surface area contributed by atoms with Crippen molar-refractivity contribution in [2.75, 3.05) is 0 Å². The van der Waals surface area contributed by atoms with Crippen LogP contribution in [0.5, 0.6) is 0 Å². The largest absolute Gasteiger partial charge is 0.171 e. The van der Waals surface area contributed by atoms with Crippen molar-refractivity contribution in [3.8, 4) is 0 Å². The third-order valence-corrected chi connectivity index (χ3v) is 5.03. The molecule has 10 heavy (non-hydrogen) atoms. The van der Waals surface area contributed by atoms with Gasteiger partial charge in [-0.1, -0.05) is 37.3 Å². The molecule has 0 aliphatic heterocycles. The molecule has 0 aliphatic rings. The SMILES string of the molecule is CC[SiH](Cl)c1ccccc1. The molecule has 0 fully saturated rings. The number of benzene rings is 1. The van der Waals surface area contributed by atoms with Gasteiger partial charge in [0.1, 0.15) is 0 Å². The lowest BCUT2D eigenvalue weighted by Gasteiger charge is -2.02. The van der Waals surface area contributed by atoms with Gasteiger partial charge in [0.15, 0.2) is 8.11 Å². The predicted molar refractivity (Wildman–Crippen MR) is 49.6 cm³/mol. The minimum atomic E-state index is -1.07. The summed E-state index contributed by atoms with van der Waals surface area (Å²) in [6.07, 6.45) is 0. The second-order valence-corrected chi connectivity index (χ2v) is 6.29. The van der Waals surface area contributed by atoms with Crippen molar-refractivity contribution in [1.29, 1.82) is 0 Å².